The van der Waals surface area contributed by atoms with Gasteiger partial charge in [-0.05, 0) is 35.0 Å². The van der Waals surface area contributed by atoms with Gasteiger partial charge in [0.05, 0.1) is 28.5 Å². The van der Waals surface area contributed by atoms with Crippen molar-refractivity contribution in [1.29, 1.82) is 0 Å². The maximum atomic E-state index is 13.6. The number of aromatic nitrogens is 5. The van der Waals surface area contributed by atoms with Gasteiger partial charge >= 0.3 is 0 Å². The monoisotopic (exact) mass is 333 g/mol. The van der Waals surface area contributed by atoms with Crippen molar-refractivity contribution in [2.24, 2.45) is 0 Å². The van der Waals surface area contributed by atoms with Gasteiger partial charge in [0, 0.05) is 12.5 Å². The Balaban J connectivity index is 2.14. The second-order valence-corrected chi connectivity index (χ2v) is 5.45. The summed E-state index contributed by atoms with van der Waals surface area (Å²) in [5.74, 6) is -0.300. The van der Waals surface area contributed by atoms with Crippen LogP contribution in [0.4, 0.5) is 4.39 Å². The lowest BCUT2D eigenvalue weighted by Gasteiger charge is -2.09. The zero-order chi connectivity index (χ0) is 13.9. The van der Waals surface area contributed by atoms with E-state index in [-0.39, 0.29) is 5.82 Å². The van der Waals surface area contributed by atoms with Crippen LogP contribution in [-0.4, -0.2) is 24.5 Å². The standard InChI is InChI=1S/C13H9BrFN5/c1-7-10-5-12-13(14)16-6-19(12)9-3-2-8(15)4-11(9)20(10)18-17-7/h2-4,6H,5H2,1H3. The summed E-state index contributed by atoms with van der Waals surface area (Å²) in [7, 11) is 0. The van der Waals surface area contributed by atoms with Gasteiger partial charge < -0.3 is 0 Å². The highest BCUT2D eigenvalue weighted by Crippen LogP contribution is 2.31. The SMILES string of the molecule is Cc1nnn2c1Cc1c(Br)ncn1-c1ccc(F)cc1-2. The van der Waals surface area contributed by atoms with Crippen LogP contribution < -0.4 is 0 Å². The van der Waals surface area contributed by atoms with Gasteiger partial charge in [0.2, 0.25) is 0 Å². The van der Waals surface area contributed by atoms with E-state index < -0.39 is 0 Å². The van der Waals surface area contributed by atoms with Crippen LogP contribution in [0.1, 0.15) is 17.1 Å². The van der Waals surface area contributed by atoms with Crippen molar-refractivity contribution in [3.63, 3.8) is 0 Å². The summed E-state index contributed by atoms with van der Waals surface area (Å²) in [6, 6.07) is 4.63. The lowest BCUT2D eigenvalue weighted by molar-refractivity contribution is 0.624. The molecule has 100 valence electrons. The Morgan fingerprint density at radius 1 is 1.25 bits per heavy atom. The predicted octanol–water partition coefficient (Wildman–Crippen LogP) is 2.57. The molecule has 0 unspecified atom stereocenters. The van der Waals surface area contributed by atoms with Crippen molar-refractivity contribution in [3.8, 4) is 11.4 Å². The quantitative estimate of drug-likeness (QED) is 0.497. The zero-order valence-electron chi connectivity index (χ0n) is 10.5. The van der Waals surface area contributed by atoms with Crippen molar-refractivity contribution < 1.29 is 4.39 Å². The Kier molecular flexibility index (Phi) is 2.35. The van der Waals surface area contributed by atoms with Crippen LogP contribution in [0.3, 0.4) is 0 Å². The molecule has 0 bridgehead atoms. The van der Waals surface area contributed by atoms with Crippen LogP contribution in [0.5, 0.6) is 0 Å². The topological polar surface area (TPSA) is 48.5 Å². The average molecular weight is 334 g/mol. The molecule has 0 N–H and O–H groups in total. The lowest BCUT2D eigenvalue weighted by atomic mass is 10.2. The third-order valence-corrected chi connectivity index (χ3v) is 4.20. The van der Waals surface area contributed by atoms with Crippen LogP contribution >= 0.6 is 15.9 Å². The second-order valence-electron chi connectivity index (χ2n) is 4.70. The number of hydrogen-bond acceptors (Lipinski definition) is 3. The molecule has 0 fully saturated rings. The number of hydrogen-bond donors (Lipinski definition) is 0. The molecule has 4 rings (SSSR count). The fourth-order valence-electron chi connectivity index (χ4n) is 2.52. The van der Waals surface area contributed by atoms with Crippen molar-refractivity contribution in [1.82, 2.24) is 24.5 Å². The first-order valence-corrected chi connectivity index (χ1v) is 6.87. The van der Waals surface area contributed by atoms with Gasteiger partial charge in [0.1, 0.15) is 16.7 Å². The molecule has 0 aliphatic carbocycles. The van der Waals surface area contributed by atoms with Crippen LogP contribution in [0.25, 0.3) is 11.4 Å². The minimum Gasteiger partial charge on any atom is -0.299 e. The number of nitrogens with zero attached hydrogens (tertiary/aromatic N) is 5. The normalized spacial score (nSPS) is 12.6. The molecule has 0 spiro atoms. The van der Waals surface area contributed by atoms with Gasteiger partial charge in [-0.2, -0.15) is 0 Å². The molecule has 0 atom stereocenters. The van der Waals surface area contributed by atoms with E-state index in [4.69, 9.17) is 0 Å². The smallest absolute Gasteiger partial charge is 0.128 e. The summed E-state index contributed by atoms with van der Waals surface area (Å²) in [6.07, 6.45) is 2.36. The molecule has 3 aromatic rings. The molecule has 0 radical (unpaired) electrons. The second kappa shape index (κ2) is 3.99. The molecule has 0 saturated carbocycles. The Labute approximate surface area is 122 Å². The fourth-order valence-corrected chi connectivity index (χ4v) is 2.94. The lowest BCUT2D eigenvalue weighted by Crippen LogP contribution is -2.04. The van der Waals surface area contributed by atoms with E-state index in [1.54, 1.807) is 17.1 Å². The van der Waals surface area contributed by atoms with Crippen molar-refractivity contribution >= 4 is 15.9 Å². The molecule has 1 aliphatic heterocycles. The minimum absolute atomic E-state index is 0.300. The first-order valence-electron chi connectivity index (χ1n) is 6.08. The summed E-state index contributed by atoms with van der Waals surface area (Å²) in [5.41, 5.74) is 4.29. The first-order chi connectivity index (χ1) is 9.65. The first kappa shape index (κ1) is 11.8. The summed E-state index contributed by atoms with van der Waals surface area (Å²) in [4.78, 5) is 4.28. The van der Waals surface area contributed by atoms with Crippen LogP contribution in [0.15, 0.2) is 29.1 Å². The van der Waals surface area contributed by atoms with Crippen LogP contribution in [-0.2, 0) is 6.42 Å². The van der Waals surface area contributed by atoms with E-state index in [2.05, 4.69) is 31.2 Å². The Morgan fingerprint density at radius 2 is 2.10 bits per heavy atom. The largest absolute Gasteiger partial charge is 0.299 e. The predicted molar refractivity (Wildman–Crippen MR) is 73.7 cm³/mol. The molecule has 7 heteroatoms. The average Bonchev–Trinajstić information content (AvgIpc) is 2.92. The summed E-state index contributed by atoms with van der Waals surface area (Å²) in [6.45, 7) is 1.90. The number of rotatable bonds is 0. The van der Waals surface area contributed by atoms with Gasteiger partial charge in [-0.15, -0.1) is 5.10 Å². The highest BCUT2D eigenvalue weighted by molar-refractivity contribution is 9.10. The van der Waals surface area contributed by atoms with E-state index in [0.29, 0.717) is 12.1 Å². The Bertz CT molecular complexity index is 835. The van der Waals surface area contributed by atoms with E-state index in [0.717, 1.165) is 27.4 Å². The Hall–Kier alpha value is -2.02. The van der Waals surface area contributed by atoms with Gasteiger partial charge in [-0.3, -0.25) is 4.57 Å². The van der Waals surface area contributed by atoms with Gasteiger partial charge in [-0.1, -0.05) is 5.21 Å². The molecule has 5 nitrogen and oxygen atoms in total. The van der Waals surface area contributed by atoms with E-state index >= 15 is 0 Å². The van der Waals surface area contributed by atoms with Crippen molar-refractivity contribution in [2.45, 2.75) is 13.3 Å². The molecular weight excluding hydrogens is 325 g/mol. The third kappa shape index (κ3) is 1.49. The van der Waals surface area contributed by atoms with Crippen molar-refractivity contribution in [2.75, 3.05) is 0 Å². The van der Waals surface area contributed by atoms with E-state index in [1.807, 2.05) is 11.5 Å². The Morgan fingerprint density at radius 3 is 2.95 bits per heavy atom. The van der Waals surface area contributed by atoms with Gasteiger partial charge in [-0.25, -0.2) is 14.1 Å². The van der Waals surface area contributed by atoms with E-state index in [1.165, 1.54) is 12.1 Å². The molecule has 2 aromatic heterocycles. The molecular formula is C13H9BrFN5. The van der Waals surface area contributed by atoms with Gasteiger partial charge in [0.25, 0.3) is 0 Å². The zero-order valence-corrected chi connectivity index (χ0v) is 12.1. The number of benzene rings is 1. The molecule has 1 aromatic carbocycles. The summed E-state index contributed by atoms with van der Waals surface area (Å²) in [5, 5.41) is 8.24. The number of imidazole rings is 1. The minimum atomic E-state index is -0.300. The molecule has 0 saturated heterocycles. The summed E-state index contributed by atoms with van der Waals surface area (Å²) < 4.78 is 18.0. The molecule has 3 heterocycles. The summed E-state index contributed by atoms with van der Waals surface area (Å²) >= 11 is 3.46. The molecule has 20 heavy (non-hydrogen) atoms. The fraction of sp³-hybridized carbons (Fsp3) is 0.154. The van der Waals surface area contributed by atoms with Gasteiger partial charge in [0.15, 0.2) is 0 Å². The number of halogens is 2. The number of aryl methyl sites for hydroxylation is 1. The van der Waals surface area contributed by atoms with E-state index in [9.17, 15) is 4.39 Å². The maximum Gasteiger partial charge on any atom is 0.128 e. The van der Waals surface area contributed by atoms with Crippen LogP contribution in [0.2, 0.25) is 0 Å². The van der Waals surface area contributed by atoms with Crippen molar-refractivity contribution in [3.05, 3.63) is 52.0 Å². The number of fused-ring (bicyclic) bond motifs is 5. The molecule has 0 amide bonds. The highest BCUT2D eigenvalue weighted by Gasteiger charge is 2.24. The highest BCUT2D eigenvalue weighted by atomic mass is 79.9. The molecule has 1 aliphatic rings. The maximum absolute atomic E-state index is 13.6. The third-order valence-electron chi connectivity index (χ3n) is 3.53. The van der Waals surface area contributed by atoms with Crippen LogP contribution in [0, 0.1) is 12.7 Å².